The van der Waals surface area contributed by atoms with Crippen molar-refractivity contribution in [2.24, 2.45) is 0 Å². The summed E-state index contributed by atoms with van der Waals surface area (Å²) in [4.78, 5) is 20.5. The second kappa shape index (κ2) is 14.5. The van der Waals surface area contributed by atoms with Crippen molar-refractivity contribution in [2.45, 2.75) is 70.6 Å². The predicted molar refractivity (Wildman–Crippen MR) is 122 cm³/mol. The molecule has 1 unspecified atom stereocenters. The van der Waals surface area contributed by atoms with Crippen LogP contribution in [0.25, 0.3) is 11.4 Å². The van der Waals surface area contributed by atoms with E-state index >= 15 is 0 Å². The number of aromatic nitrogens is 2. The van der Waals surface area contributed by atoms with E-state index in [1.807, 2.05) is 24.3 Å². The minimum Gasteiger partial charge on any atom is -0.494 e. The van der Waals surface area contributed by atoms with Gasteiger partial charge in [-0.15, -0.1) is 0 Å². The summed E-state index contributed by atoms with van der Waals surface area (Å²) in [5.41, 5.74) is 1.55. The zero-order valence-corrected chi connectivity index (χ0v) is 18.9. The summed E-state index contributed by atoms with van der Waals surface area (Å²) >= 11 is 0. The summed E-state index contributed by atoms with van der Waals surface area (Å²) in [6.45, 7) is 3.67. The largest absolute Gasteiger partial charge is 0.494 e. The molecule has 2 aromatic rings. The highest BCUT2D eigenvalue weighted by Crippen LogP contribution is 2.24. The van der Waals surface area contributed by atoms with Crippen molar-refractivity contribution in [1.29, 1.82) is 0 Å². The Kier molecular flexibility index (Phi) is 11.6. The number of hydrogen-bond donors (Lipinski definition) is 1. The van der Waals surface area contributed by atoms with Gasteiger partial charge in [-0.1, -0.05) is 39.0 Å². The predicted octanol–water partition coefficient (Wildman–Crippen LogP) is 5.87. The Morgan fingerprint density at radius 3 is 2.19 bits per heavy atom. The lowest BCUT2D eigenvalue weighted by Crippen LogP contribution is -2.12. The van der Waals surface area contributed by atoms with Crippen LogP contribution in [0.2, 0.25) is 0 Å². The molecule has 1 aromatic carbocycles. The Labute approximate surface area is 186 Å². The van der Waals surface area contributed by atoms with E-state index in [2.05, 4.69) is 16.9 Å². The topological polar surface area (TPSA) is 81.5 Å². The Morgan fingerprint density at radius 2 is 1.58 bits per heavy atom. The van der Waals surface area contributed by atoms with Crippen molar-refractivity contribution in [2.75, 3.05) is 20.3 Å². The number of hydrogen-bond acceptors (Lipinski definition) is 5. The lowest BCUT2D eigenvalue weighted by molar-refractivity contribution is -0.139. The Morgan fingerprint density at radius 1 is 0.935 bits per heavy atom. The maximum Gasteiger partial charge on any atom is 0.311 e. The van der Waals surface area contributed by atoms with E-state index in [0.717, 1.165) is 69.3 Å². The molecular formula is C25H36N2O4. The molecule has 0 saturated heterocycles. The molecule has 1 heterocycles. The smallest absolute Gasteiger partial charge is 0.311 e. The molecule has 6 heteroatoms. The van der Waals surface area contributed by atoms with Crippen LogP contribution in [0.15, 0.2) is 36.7 Å². The second-order valence-corrected chi connectivity index (χ2v) is 7.86. The molecule has 0 amide bonds. The first kappa shape index (κ1) is 24.8. The average Bonchev–Trinajstić information content (AvgIpc) is 2.79. The number of rotatable bonds is 16. The number of aliphatic carboxylic acids is 1. The highest BCUT2D eigenvalue weighted by molar-refractivity contribution is 5.75. The molecule has 0 spiro atoms. The van der Waals surface area contributed by atoms with E-state index in [0.29, 0.717) is 24.4 Å². The molecule has 6 nitrogen and oxygen atoms in total. The van der Waals surface area contributed by atoms with Crippen LogP contribution in [0.3, 0.4) is 0 Å². The zero-order valence-electron chi connectivity index (χ0n) is 18.9. The van der Waals surface area contributed by atoms with Crippen LogP contribution in [-0.4, -0.2) is 41.4 Å². The summed E-state index contributed by atoms with van der Waals surface area (Å²) in [6, 6.07) is 7.71. The third-order valence-electron chi connectivity index (χ3n) is 5.34. The molecule has 0 bridgehead atoms. The SMILES string of the molecule is CCCCCCC(C(=O)O)c1cnc(-c2ccc(OCCCCCCOC)cc2)nc1. The van der Waals surface area contributed by atoms with Crippen LogP contribution in [-0.2, 0) is 9.53 Å². The van der Waals surface area contributed by atoms with E-state index in [4.69, 9.17) is 9.47 Å². The fourth-order valence-electron chi connectivity index (χ4n) is 3.47. The third-order valence-corrected chi connectivity index (χ3v) is 5.34. The molecule has 0 fully saturated rings. The Bertz CT molecular complexity index is 747. The van der Waals surface area contributed by atoms with Gasteiger partial charge >= 0.3 is 5.97 Å². The van der Waals surface area contributed by atoms with Gasteiger partial charge < -0.3 is 14.6 Å². The van der Waals surface area contributed by atoms with Crippen molar-refractivity contribution >= 4 is 5.97 Å². The molecule has 0 saturated carbocycles. The third kappa shape index (κ3) is 9.05. The molecular weight excluding hydrogens is 392 g/mol. The number of carboxylic acid groups (broad SMARTS) is 1. The zero-order chi connectivity index (χ0) is 22.3. The van der Waals surface area contributed by atoms with Crippen LogP contribution in [0.5, 0.6) is 5.75 Å². The van der Waals surface area contributed by atoms with E-state index in [1.54, 1.807) is 19.5 Å². The molecule has 31 heavy (non-hydrogen) atoms. The van der Waals surface area contributed by atoms with Crippen molar-refractivity contribution in [3.8, 4) is 17.1 Å². The molecule has 0 aliphatic heterocycles. The van der Waals surface area contributed by atoms with Crippen molar-refractivity contribution in [3.63, 3.8) is 0 Å². The summed E-state index contributed by atoms with van der Waals surface area (Å²) in [7, 11) is 1.73. The molecule has 0 aliphatic rings. The fourth-order valence-corrected chi connectivity index (χ4v) is 3.47. The van der Waals surface area contributed by atoms with Crippen LogP contribution >= 0.6 is 0 Å². The van der Waals surface area contributed by atoms with Crippen LogP contribution in [0.1, 0.15) is 76.2 Å². The highest BCUT2D eigenvalue weighted by Gasteiger charge is 2.20. The second-order valence-electron chi connectivity index (χ2n) is 7.86. The van der Waals surface area contributed by atoms with Gasteiger partial charge in [0.2, 0.25) is 0 Å². The average molecular weight is 429 g/mol. The standard InChI is InChI=1S/C25H36N2O4/c1-3-4-5-8-11-23(25(28)29)21-18-26-24(27-19-21)20-12-14-22(15-13-20)31-17-10-7-6-9-16-30-2/h12-15,18-19,23H,3-11,16-17H2,1-2H3,(H,28,29). The van der Waals surface area contributed by atoms with Gasteiger partial charge in [-0.05, 0) is 49.9 Å². The number of carboxylic acids is 1. The number of benzene rings is 1. The van der Waals surface area contributed by atoms with Gasteiger partial charge in [-0.25, -0.2) is 9.97 Å². The lowest BCUT2D eigenvalue weighted by Gasteiger charge is -2.12. The molecule has 170 valence electrons. The molecule has 0 aliphatic carbocycles. The minimum absolute atomic E-state index is 0.545. The summed E-state index contributed by atoms with van der Waals surface area (Å²) in [6.07, 6.45) is 12.6. The Balaban J connectivity index is 1.85. The molecule has 0 radical (unpaired) electrons. The first-order valence-electron chi connectivity index (χ1n) is 11.4. The Hall–Kier alpha value is -2.47. The summed E-state index contributed by atoms with van der Waals surface area (Å²) < 4.78 is 10.8. The minimum atomic E-state index is -0.812. The summed E-state index contributed by atoms with van der Waals surface area (Å²) in [5, 5.41) is 9.57. The maximum absolute atomic E-state index is 11.7. The van der Waals surface area contributed by atoms with Gasteiger partial charge in [-0.2, -0.15) is 0 Å². The highest BCUT2D eigenvalue weighted by atomic mass is 16.5. The first-order chi connectivity index (χ1) is 15.2. The fraction of sp³-hybridized carbons (Fsp3) is 0.560. The number of nitrogens with zero attached hydrogens (tertiary/aromatic N) is 2. The quantitative estimate of drug-likeness (QED) is 0.337. The number of carbonyl (C=O) groups is 1. The number of methoxy groups -OCH3 is 1. The molecule has 1 N–H and O–H groups in total. The number of unbranched alkanes of at least 4 members (excludes halogenated alkanes) is 6. The van der Waals surface area contributed by atoms with Crippen LogP contribution < -0.4 is 4.74 Å². The van der Waals surface area contributed by atoms with Gasteiger partial charge in [0.1, 0.15) is 5.75 Å². The lowest BCUT2D eigenvalue weighted by atomic mass is 9.95. The van der Waals surface area contributed by atoms with Crippen molar-refractivity contribution in [1.82, 2.24) is 9.97 Å². The van der Waals surface area contributed by atoms with E-state index in [9.17, 15) is 9.90 Å². The molecule has 1 atom stereocenters. The van der Waals surface area contributed by atoms with Gasteiger partial charge in [0.05, 0.1) is 12.5 Å². The van der Waals surface area contributed by atoms with E-state index in [1.165, 1.54) is 0 Å². The molecule has 1 aromatic heterocycles. The van der Waals surface area contributed by atoms with E-state index < -0.39 is 11.9 Å². The molecule has 2 rings (SSSR count). The van der Waals surface area contributed by atoms with Crippen molar-refractivity contribution < 1.29 is 19.4 Å². The van der Waals surface area contributed by atoms with Gasteiger partial charge in [0.25, 0.3) is 0 Å². The van der Waals surface area contributed by atoms with Gasteiger partial charge in [0, 0.05) is 37.2 Å². The maximum atomic E-state index is 11.7. The summed E-state index contributed by atoms with van der Waals surface area (Å²) in [5.74, 6) is 0.0584. The van der Waals surface area contributed by atoms with Crippen LogP contribution in [0, 0.1) is 0 Å². The van der Waals surface area contributed by atoms with Gasteiger partial charge in [0.15, 0.2) is 5.82 Å². The first-order valence-corrected chi connectivity index (χ1v) is 11.4. The van der Waals surface area contributed by atoms with E-state index in [-0.39, 0.29) is 0 Å². The van der Waals surface area contributed by atoms with Crippen LogP contribution in [0.4, 0.5) is 0 Å². The monoisotopic (exact) mass is 428 g/mol. The normalized spacial score (nSPS) is 11.9. The van der Waals surface area contributed by atoms with Crippen molar-refractivity contribution in [3.05, 3.63) is 42.2 Å². The van der Waals surface area contributed by atoms with Gasteiger partial charge in [-0.3, -0.25) is 4.79 Å². The number of ether oxygens (including phenoxy) is 2.